The summed E-state index contributed by atoms with van der Waals surface area (Å²) in [7, 11) is 2.85. The molecule has 1 aliphatic heterocycles. The fourth-order valence-electron chi connectivity index (χ4n) is 2.94. The van der Waals surface area contributed by atoms with Crippen LogP contribution in [0.25, 0.3) is 0 Å². The number of carbonyl (C=O) groups excluding carboxylic acids is 3. The number of imide groups is 1. The third-order valence-electron chi connectivity index (χ3n) is 4.23. The van der Waals surface area contributed by atoms with Crippen LogP contribution in [0.1, 0.15) is 21.8 Å². The first-order valence-electron chi connectivity index (χ1n) is 7.74. The monoisotopic (exact) mass is 339 g/mol. The second-order valence-electron chi connectivity index (χ2n) is 5.59. The van der Waals surface area contributed by atoms with Crippen molar-refractivity contribution in [3.63, 3.8) is 0 Å². The fraction of sp³-hybridized carbons (Fsp3) is 0.211. The summed E-state index contributed by atoms with van der Waals surface area (Å²) < 4.78 is 10.4. The highest BCUT2D eigenvalue weighted by Gasteiger charge is 2.44. The Hall–Kier alpha value is -3.15. The number of benzene rings is 2. The molecular weight excluding hydrogens is 322 g/mol. The van der Waals surface area contributed by atoms with Crippen molar-refractivity contribution < 1.29 is 23.9 Å². The van der Waals surface area contributed by atoms with Gasteiger partial charge < -0.3 is 9.47 Å². The molecule has 6 heteroatoms. The van der Waals surface area contributed by atoms with Crippen molar-refractivity contribution in [2.75, 3.05) is 20.8 Å². The maximum Gasteiger partial charge on any atom is 0.297 e. The predicted octanol–water partition coefficient (Wildman–Crippen LogP) is 2.04. The first-order valence-corrected chi connectivity index (χ1v) is 7.74. The van der Waals surface area contributed by atoms with Crippen molar-refractivity contribution >= 4 is 17.6 Å². The third-order valence-corrected chi connectivity index (χ3v) is 4.23. The molecule has 128 valence electrons. The highest BCUT2D eigenvalue weighted by molar-refractivity contribution is 6.43. The van der Waals surface area contributed by atoms with Gasteiger partial charge in [-0.15, -0.1) is 0 Å². The van der Waals surface area contributed by atoms with Gasteiger partial charge in [0.2, 0.25) is 5.78 Å². The molecule has 0 N–H and O–H groups in total. The van der Waals surface area contributed by atoms with Crippen molar-refractivity contribution in [2.24, 2.45) is 0 Å². The Labute approximate surface area is 145 Å². The fourth-order valence-corrected chi connectivity index (χ4v) is 2.94. The molecule has 0 unspecified atom stereocenters. The van der Waals surface area contributed by atoms with Gasteiger partial charge in [-0.2, -0.15) is 0 Å². The number of carbonyl (C=O) groups is 3. The summed E-state index contributed by atoms with van der Waals surface area (Å²) in [6.07, 6.45) is 0. The van der Waals surface area contributed by atoms with Crippen LogP contribution in [0, 0.1) is 0 Å². The minimum absolute atomic E-state index is 0.00170. The average Bonchev–Trinajstić information content (AvgIpc) is 2.96. The number of hydrogen-bond acceptors (Lipinski definition) is 5. The maximum absolute atomic E-state index is 12.9. The molecule has 0 saturated carbocycles. The van der Waals surface area contributed by atoms with E-state index in [1.807, 2.05) is 6.07 Å². The van der Waals surface area contributed by atoms with Gasteiger partial charge in [-0.05, 0) is 17.7 Å². The Morgan fingerprint density at radius 1 is 0.960 bits per heavy atom. The lowest BCUT2D eigenvalue weighted by Gasteiger charge is -2.18. The summed E-state index contributed by atoms with van der Waals surface area (Å²) in [6, 6.07) is 13.8. The van der Waals surface area contributed by atoms with Crippen LogP contribution in [0.15, 0.2) is 48.5 Å². The highest BCUT2D eigenvalue weighted by atomic mass is 16.5. The topological polar surface area (TPSA) is 72.9 Å². The second-order valence-corrected chi connectivity index (χ2v) is 5.59. The number of nitrogens with zero attached hydrogens (tertiary/aromatic N) is 1. The number of Topliss-reactive ketones (excluding diaryl/α,β-unsaturated/α-hetero) is 1. The lowest BCUT2D eigenvalue weighted by molar-refractivity contribution is -0.139. The molecule has 2 aromatic rings. The minimum Gasteiger partial charge on any atom is -0.496 e. The van der Waals surface area contributed by atoms with E-state index in [9.17, 15) is 14.4 Å². The number of rotatable bonds is 4. The molecule has 1 heterocycles. The van der Waals surface area contributed by atoms with E-state index in [1.54, 1.807) is 42.5 Å². The van der Waals surface area contributed by atoms with Gasteiger partial charge in [-0.1, -0.05) is 36.4 Å². The van der Waals surface area contributed by atoms with Crippen LogP contribution in [-0.2, 0) is 9.59 Å². The largest absolute Gasteiger partial charge is 0.496 e. The lowest BCUT2D eigenvalue weighted by atomic mass is 9.97. The van der Waals surface area contributed by atoms with Gasteiger partial charge in [-0.3, -0.25) is 19.3 Å². The molecule has 25 heavy (non-hydrogen) atoms. The Kier molecular flexibility index (Phi) is 4.52. The van der Waals surface area contributed by atoms with E-state index < -0.39 is 23.5 Å². The minimum atomic E-state index is -0.813. The molecule has 3 rings (SSSR count). The van der Waals surface area contributed by atoms with Crippen LogP contribution in [-0.4, -0.2) is 43.3 Å². The molecule has 0 radical (unpaired) electrons. The first-order chi connectivity index (χ1) is 12.1. The molecule has 1 saturated heterocycles. The number of likely N-dealkylation sites (tertiary alicyclic amines) is 1. The molecular formula is C19H17NO5. The van der Waals surface area contributed by atoms with Crippen LogP contribution in [0.3, 0.4) is 0 Å². The van der Waals surface area contributed by atoms with Crippen LogP contribution in [0.2, 0.25) is 0 Å². The molecule has 0 aromatic heterocycles. The SMILES string of the molecule is COc1cccc(OC)c1C(=O)N1C[C@@H](c2ccccc2)C(=O)C1=O. The Balaban J connectivity index is 1.97. The molecule has 1 aliphatic rings. The van der Waals surface area contributed by atoms with Gasteiger partial charge in [0.05, 0.1) is 20.1 Å². The third kappa shape index (κ3) is 2.87. The quantitative estimate of drug-likeness (QED) is 0.630. The number of amides is 2. The first kappa shape index (κ1) is 16.7. The van der Waals surface area contributed by atoms with Crippen molar-refractivity contribution in [1.82, 2.24) is 4.90 Å². The summed E-state index contributed by atoms with van der Waals surface area (Å²) in [5.41, 5.74) is 0.838. The second kappa shape index (κ2) is 6.76. The van der Waals surface area contributed by atoms with Crippen LogP contribution in [0.4, 0.5) is 0 Å². The maximum atomic E-state index is 12.9. The number of methoxy groups -OCH3 is 2. The van der Waals surface area contributed by atoms with E-state index in [0.29, 0.717) is 5.56 Å². The summed E-state index contributed by atoms with van der Waals surface area (Å²) in [4.78, 5) is 38.6. The van der Waals surface area contributed by atoms with Gasteiger partial charge in [0.15, 0.2) is 0 Å². The lowest BCUT2D eigenvalue weighted by Crippen LogP contribution is -2.34. The highest BCUT2D eigenvalue weighted by Crippen LogP contribution is 2.33. The molecule has 2 amide bonds. The predicted molar refractivity (Wildman–Crippen MR) is 89.8 cm³/mol. The Bertz CT molecular complexity index is 809. The summed E-state index contributed by atoms with van der Waals surface area (Å²) >= 11 is 0. The van der Waals surface area contributed by atoms with Crippen molar-refractivity contribution in [3.8, 4) is 11.5 Å². The standard InChI is InChI=1S/C19H17NO5/c1-24-14-9-6-10-15(25-2)16(14)18(22)20-11-13(17(21)19(20)23)12-7-4-3-5-8-12/h3-10,13H,11H2,1-2H3/t13-/m0/s1. The number of ketones is 1. The molecule has 1 atom stereocenters. The Morgan fingerprint density at radius 2 is 1.56 bits per heavy atom. The van der Waals surface area contributed by atoms with E-state index in [-0.39, 0.29) is 23.6 Å². The zero-order valence-corrected chi connectivity index (χ0v) is 13.9. The molecule has 0 spiro atoms. The summed E-state index contributed by atoms with van der Waals surface area (Å²) in [6.45, 7) is 0.00170. The van der Waals surface area contributed by atoms with E-state index in [0.717, 1.165) is 4.90 Å². The number of ether oxygens (including phenoxy) is 2. The van der Waals surface area contributed by atoms with Crippen LogP contribution in [0.5, 0.6) is 11.5 Å². The smallest absolute Gasteiger partial charge is 0.297 e. The van der Waals surface area contributed by atoms with Crippen LogP contribution < -0.4 is 9.47 Å². The van der Waals surface area contributed by atoms with E-state index in [1.165, 1.54) is 14.2 Å². The van der Waals surface area contributed by atoms with Gasteiger partial charge in [0.1, 0.15) is 17.1 Å². The number of hydrogen-bond donors (Lipinski definition) is 0. The van der Waals surface area contributed by atoms with Crippen molar-refractivity contribution in [2.45, 2.75) is 5.92 Å². The molecule has 6 nitrogen and oxygen atoms in total. The van der Waals surface area contributed by atoms with Gasteiger partial charge in [0, 0.05) is 6.54 Å². The van der Waals surface area contributed by atoms with E-state index in [2.05, 4.69) is 0 Å². The van der Waals surface area contributed by atoms with Crippen molar-refractivity contribution in [3.05, 3.63) is 59.7 Å². The van der Waals surface area contributed by atoms with E-state index >= 15 is 0 Å². The average molecular weight is 339 g/mol. The molecule has 2 aromatic carbocycles. The van der Waals surface area contributed by atoms with Gasteiger partial charge in [-0.25, -0.2) is 0 Å². The van der Waals surface area contributed by atoms with Crippen molar-refractivity contribution in [1.29, 1.82) is 0 Å². The van der Waals surface area contributed by atoms with Gasteiger partial charge in [0.25, 0.3) is 11.8 Å². The zero-order valence-electron chi connectivity index (χ0n) is 13.9. The zero-order chi connectivity index (χ0) is 18.0. The van der Waals surface area contributed by atoms with Crippen LogP contribution >= 0.6 is 0 Å². The normalized spacial score (nSPS) is 16.9. The summed E-state index contributed by atoms with van der Waals surface area (Å²) in [5, 5.41) is 0. The summed E-state index contributed by atoms with van der Waals surface area (Å²) in [5.74, 6) is -2.09. The Morgan fingerprint density at radius 3 is 2.12 bits per heavy atom. The molecule has 1 fully saturated rings. The molecule has 0 aliphatic carbocycles. The van der Waals surface area contributed by atoms with Gasteiger partial charge >= 0.3 is 0 Å². The molecule has 0 bridgehead atoms. The van der Waals surface area contributed by atoms with E-state index in [4.69, 9.17) is 9.47 Å².